The summed E-state index contributed by atoms with van der Waals surface area (Å²) < 4.78 is 11.0. The Morgan fingerprint density at radius 3 is 2.12 bits per heavy atom. The highest BCUT2D eigenvalue weighted by molar-refractivity contribution is 5.89. The van der Waals surface area contributed by atoms with Gasteiger partial charge in [-0.3, -0.25) is 4.90 Å². The number of benzene rings is 2. The fourth-order valence-corrected chi connectivity index (χ4v) is 5.63. The third kappa shape index (κ3) is 3.48. The second kappa shape index (κ2) is 7.48. The topological polar surface area (TPSA) is 105 Å². The fourth-order valence-electron chi connectivity index (χ4n) is 5.63. The van der Waals surface area contributed by atoms with E-state index in [0.29, 0.717) is 0 Å². The molecule has 2 aromatic rings. The Morgan fingerprint density at radius 2 is 1.59 bits per heavy atom. The third-order valence-electron chi connectivity index (χ3n) is 6.96. The molecule has 2 bridgehead atoms. The maximum absolute atomic E-state index is 12.8. The molecule has 0 radical (unpaired) electrons. The summed E-state index contributed by atoms with van der Waals surface area (Å²) in [5.41, 5.74) is 1.55. The van der Waals surface area contributed by atoms with Crippen LogP contribution < -0.4 is 5.32 Å². The van der Waals surface area contributed by atoms with Gasteiger partial charge < -0.3 is 19.9 Å². The lowest BCUT2D eigenvalue weighted by atomic mass is 9.67. The first kappa shape index (κ1) is 22.3. The zero-order valence-electron chi connectivity index (χ0n) is 19.5. The summed E-state index contributed by atoms with van der Waals surface area (Å²) in [5.74, 6) is -1.17. The van der Waals surface area contributed by atoms with Crippen LogP contribution in [0.3, 0.4) is 0 Å². The van der Waals surface area contributed by atoms with Crippen LogP contribution in [0.2, 0.25) is 0 Å². The zero-order chi connectivity index (χ0) is 24.3. The van der Waals surface area contributed by atoms with Gasteiger partial charge in [-0.15, -0.1) is 0 Å². The van der Waals surface area contributed by atoms with Gasteiger partial charge in [0, 0.05) is 25.3 Å². The Labute approximate surface area is 197 Å². The summed E-state index contributed by atoms with van der Waals surface area (Å²) in [6, 6.07) is 16.2. The van der Waals surface area contributed by atoms with Gasteiger partial charge in [-0.2, -0.15) is 0 Å². The van der Waals surface area contributed by atoms with Crippen molar-refractivity contribution in [1.29, 1.82) is 0 Å². The number of ether oxygens (including phenoxy) is 2. The number of aliphatic carboxylic acids is 1. The van der Waals surface area contributed by atoms with Crippen LogP contribution >= 0.6 is 0 Å². The van der Waals surface area contributed by atoms with Gasteiger partial charge in [-0.1, -0.05) is 48.5 Å². The molecule has 2 saturated heterocycles. The molecule has 8 heteroatoms. The highest BCUT2D eigenvalue weighted by Crippen LogP contribution is 2.54. The molecule has 8 nitrogen and oxygen atoms in total. The first-order chi connectivity index (χ1) is 16.0. The van der Waals surface area contributed by atoms with Crippen LogP contribution in [-0.2, 0) is 14.3 Å². The molecular weight excluding hydrogens is 436 g/mol. The predicted molar refractivity (Wildman–Crippen MR) is 123 cm³/mol. The van der Waals surface area contributed by atoms with Crippen molar-refractivity contribution in [2.45, 2.75) is 56.2 Å². The van der Waals surface area contributed by atoms with Crippen LogP contribution in [0, 0.1) is 0 Å². The van der Waals surface area contributed by atoms with Crippen LogP contribution in [0.4, 0.5) is 9.59 Å². The molecule has 2 heterocycles. The summed E-state index contributed by atoms with van der Waals surface area (Å²) in [4.78, 5) is 38.7. The van der Waals surface area contributed by atoms with E-state index in [2.05, 4.69) is 17.4 Å². The third-order valence-corrected chi connectivity index (χ3v) is 6.96. The standard InChI is InChI=1S/C26H28N2O6/c1-24(2,3)34-23(32)28-15-25(13-26(28,14-25)21(29)30)27-22(31)33-12-20-18-10-6-4-8-16(18)17-9-5-7-11-19(17)20/h4-11,20H,12-15H2,1-3H3,(H,27,31)(H,29,30). The van der Waals surface area contributed by atoms with Crippen molar-refractivity contribution in [3.8, 4) is 11.1 Å². The molecular formula is C26H28N2O6. The zero-order valence-corrected chi connectivity index (χ0v) is 19.5. The molecule has 3 fully saturated rings. The highest BCUT2D eigenvalue weighted by atomic mass is 16.6. The number of hydrogen-bond acceptors (Lipinski definition) is 5. The summed E-state index contributed by atoms with van der Waals surface area (Å²) in [6.45, 7) is 5.41. The molecule has 0 spiro atoms. The molecule has 0 unspecified atom stereocenters. The average molecular weight is 465 g/mol. The lowest BCUT2D eigenvalue weighted by molar-refractivity contribution is -0.153. The molecule has 2 aliphatic heterocycles. The van der Waals surface area contributed by atoms with Crippen molar-refractivity contribution in [2.24, 2.45) is 0 Å². The van der Waals surface area contributed by atoms with Crippen LogP contribution in [0.5, 0.6) is 0 Å². The van der Waals surface area contributed by atoms with Gasteiger partial charge in [0.2, 0.25) is 0 Å². The second-order valence-electron chi connectivity index (χ2n) is 10.5. The van der Waals surface area contributed by atoms with Crippen molar-refractivity contribution in [1.82, 2.24) is 10.2 Å². The quantitative estimate of drug-likeness (QED) is 0.705. The van der Waals surface area contributed by atoms with E-state index in [1.165, 1.54) is 4.90 Å². The number of rotatable bonds is 4. The molecule has 6 rings (SSSR count). The number of carboxylic acid groups (broad SMARTS) is 1. The van der Waals surface area contributed by atoms with Gasteiger partial charge in [-0.25, -0.2) is 14.4 Å². The molecule has 1 saturated carbocycles. The van der Waals surface area contributed by atoms with E-state index in [4.69, 9.17) is 9.47 Å². The van der Waals surface area contributed by atoms with E-state index in [0.717, 1.165) is 22.3 Å². The Bertz CT molecular complexity index is 1130. The summed E-state index contributed by atoms with van der Waals surface area (Å²) in [7, 11) is 0. The Balaban J connectivity index is 1.27. The second-order valence-corrected chi connectivity index (χ2v) is 10.5. The minimum absolute atomic E-state index is 0.0679. The van der Waals surface area contributed by atoms with Gasteiger partial charge in [0.15, 0.2) is 0 Å². The van der Waals surface area contributed by atoms with Crippen molar-refractivity contribution in [3.05, 3.63) is 59.7 Å². The number of nitrogens with zero attached hydrogens (tertiary/aromatic N) is 1. The largest absolute Gasteiger partial charge is 0.479 e. The van der Waals surface area contributed by atoms with Crippen LogP contribution in [-0.4, -0.2) is 58.0 Å². The molecule has 2 aliphatic carbocycles. The lowest BCUT2D eigenvalue weighted by Crippen LogP contribution is -2.64. The van der Waals surface area contributed by atoms with Crippen LogP contribution in [0.15, 0.2) is 48.5 Å². The highest BCUT2D eigenvalue weighted by Gasteiger charge is 2.72. The first-order valence-electron chi connectivity index (χ1n) is 11.4. The van der Waals surface area contributed by atoms with Crippen molar-refractivity contribution in [3.63, 3.8) is 0 Å². The van der Waals surface area contributed by atoms with E-state index in [9.17, 15) is 19.5 Å². The SMILES string of the molecule is CC(C)(C)OC(=O)N1CC2(NC(=O)OCC3c4ccccc4-c4ccccc43)CC1(C(=O)O)C2. The number of carbonyl (C=O) groups excluding carboxylic acids is 2. The molecule has 0 aromatic heterocycles. The normalized spacial score (nSPS) is 24.6. The van der Waals surface area contributed by atoms with E-state index in [1.54, 1.807) is 20.8 Å². The van der Waals surface area contributed by atoms with E-state index in [-0.39, 0.29) is 31.9 Å². The number of nitrogens with one attached hydrogen (secondary N) is 1. The fraction of sp³-hybridized carbons (Fsp3) is 0.423. The number of amides is 2. The van der Waals surface area contributed by atoms with Gasteiger partial charge in [0.05, 0.1) is 5.54 Å². The van der Waals surface area contributed by atoms with Gasteiger partial charge in [0.25, 0.3) is 0 Å². The smallest absolute Gasteiger partial charge is 0.411 e. The molecule has 0 atom stereocenters. The first-order valence-corrected chi connectivity index (χ1v) is 11.4. The van der Waals surface area contributed by atoms with Crippen molar-refractivity contribution < 1.29 is 29.0 Å². The minimum atomic E-state index is -1.36. The Hall–Kier alpha value is -3.55. The monoisotopic (exact) mass is 464 g/mol. The number of carbonyl (C=O) groups is 3. The number of alkyl carbamates (subject to hydrolysis) is 1. The van der Waals surface area contributed by atoms with Crippen molar-refractivity contribution >= 4 is 18.2 Å². The molecule has 2 amide bonds. The summed E-state index contributed by atoms with van der Waals surface area (Å²) >= 11 is 0. The summed E-state index contributed by atoms with van der Waals surface area (Å²) in [5, 5.41) is 12.7. The van der Waals surface area contributed by atoms with Crippen LogP contribution in [0.1, 0.15) is 50.7 Å². The number of carboxylic acids is 1. The van der Waals surface area contributed by atoms with Gasteiger partial charge >= 0.3 is 18.2 Å². The Morgan fingerprint density at radius 1 is 1.03 bits per heavy atom. The molecule has 34 heavy (non-hydrogen) atoms. The Kier molecular flexibility index (Phi) is 4.90. The van der Waals surface area contributed by atoms with Gasteiger partial charge in [-0.05, 0) is 43.0 Å². The molecule has 178 valence electrons. The van der Waals surface area contributed by atoms with Gasteiger partial charge in [0.1, 0.15) is 17.7 Å². The maximum Gasteiger partial charge on any atom is 0.411 e. The summed E-state index contributed by atoms with van der Waals surface area (Å²) in [6.07, 6.45) is -1.06. The number of hydrogen-bond donors (Lipinski definition) is 2. The maximum atomic E-state index is 12.8. The minimum Gasteiger partial charge on any atom is -0.479 e. The molecule has 4 aliphatic rings. The van der Waals surface area contributed by atoms with Crippen LogP contribution in [0.25, 0.3) is 11.1 Å². The number of fused-ring (bicyclic) bond motifs is 4. The molecule has 2 aromatic carbocycles. The van der Waals surface area contributed by atoms with E-state index >= 15 is 0 Å². The molecule has 2 N–H and O–H groups in total. The van der Waals surface area contributed by atoms with E-state index in [1.807, 2.05) is 36.4 Å². The lowest BCUT2D eigenvalue weighted by Gasteiger charge is -2.44. The predicted octanol–water partition coefficient (Wildman–Crippen LogP) is 4.13. The van der Waals surface area contributed by atoms with E-state index < -0.39 is 34.8 Å². The average Bonchev–Trinajstić information content (AvgIpc) is 3.36. The van der Waals surface area contributed by atoms with Crippen molar-refractivity contribution in [2.75, 3.05) is 13.2 Å².